The van der Waals surface area contributed by atoms with Gasteiger partial charge < -0.3 is 15.3 Å². The van der Waals surface area contributed by atoms with Crippen LogP contribution in [0.15, 0.2) is 72.8 Å². The van der Waals surface area contributed by atoms with Gasteiger partial charge in [-0.25, -0.2) is 0 Å². The lowest BCUT2D eigenvalue weighted by Gasteiger charge is -2.41. The SMILES string of the molecule is C[C@@H](NCC1CN(C(=O)[C@H]2CC[C@H](C(=O)O)CC2)CCC1c1ccccc1)c1cccc2ccccc12. The van der Waals surface area contributed by atoms with Crippen molar-refractivity contribution in [2.75, 3.05) is 19.6 Å². The van der Waals surface area contributed by atoms with Gasteiger partial charge in [-0.2, -0.15) is 0 Å². The van der Waals surface area contributed by atoms with E-state index in [1.165, 1.54) is 21.9 Å². The minimum Gasteiger partial charge on any atom is -0.481 e. The number of carbonyl (C=O) groups is 2. The highest BCUT2D eigenvalue weighted by Crippen LogP contribution is 2.36. The third-order valence-corrected chi connectivity index (χ3v) is 8.68. The molecule has 5 nitrogen and oxygen atoms in total. The first-order chi connectivity index (χ1) is 18.0. The first-order valence-corrected chi connectivity index (χ1v) is 13.8. The molecule has 5 rings (SSSR count). The van der Waals surface area contributed by atoms with Crippen LogP contribution in [0.3, 0.4) is 0 Å². The molecule has 0 aromatic heterocycles. The molecule has 2 aliphatic rings. The van der Waals surface area contributed by atoms with Crippen molar-refractivity contribution in [1.29, 1.82) is 0 Å². The van der Waals surface area contributed by atoms with Gasteiger partial charge in [-0.1, -0.05) is 72.8 Å². The predicted molar refractivity (Wildman–Crippen MR) is 147 cm³/mol. The topological polar surface area (TPSA) is 69.6 Å². The number of likely N-dealkylation sites (tertiary alicyclic amines) is 1. The van der Waals surface area contributed by atoms with Crippen molar-refractivity contribution in [3.63, 3.8) is 0 Å². The van der Waals surface area contributed by atoms with Gasteiger partial charge in [0.15, 0.2) is 0 Å². The van der Waals surface area contributed by atoms with Gasteiger partial charge in [0.1, 0.15) is 0 Å². The average Bonchev–Trinajstić information content (AvgIpc) is 2.95. The van der Waals surface area contributed by atoms with Gasteiger partial charge >= 0.3 is 5.97 Å². The molecule has 1 heterocycles. The molecule has 1 amide bonds. The number of amides is 1. The highest BCUT2D eigenvalue weighted by molar-refractivity contribution is 5.86. The lowest BCUT2D eigenvalue weighted by molar-refractivity contribution is -0.146. The fourth-order valence-corrected chi connectivity index (χ4v) is 6.49. The highest BCUT2D eigenvalue weighted by atomic mass is 16.4. The molecule has 1 aliphatic carbocycles. The van der Waals surface area contributed by atoms with Crippen molar-refractivity contribution in [3.8, 4) is 0 Å². The second-order valence-electron chi connectivity index (χ2n) is 10.9. The number of nitrogens with one attached hydrogen (secondary N) is 1. The van der Waals surface area contributed by atoms with E-state index in [0.717, 1.165) is 26.1 Å². The number of nitrogens with zero attached hydrogens (tertiary/aromatic N) is 1. The fourth-order valence-electron chi connectivity index (χ4n) is 6.49. The Morgan fingerprint density at radius 1 is 0.892 bits per heavy atom. The number of aliphatic carboxylic acids is 1. The number of fused-ring (bicyclic) bond motifs is 1. The number of carbonyl (C=O) groups excluding carboxylic acids is 1. The van der Waals surface area contributed by atoms with E-state index in [1.807, 2.05) is 0 Å². The first-order valence-electron chi connectivity index (χ1n) is 13.8. The Morgan fingerprint density at radius 3 is 2.32 bits per heavy atom. The molecule has 2 N–H and O–H groups in total. The molecule has 1 saturated carbocycles. The van der Waals surface area contributed by atoms with Crippen molar-refractivity contribution in [2.24, 2.45) is 17.8 Å². The van der Waals surface area contributed by atoms with Crippen LogP contribution in [0.2, 0.25) is 0 Å². The van der Waals surface area contributed by atoms with Gasteiger partial charge in [0.2, 0.25) is 5.91 Å². The Labute approximate surface area is 219 Å². The third kappa shape index (κ3) is 5.72. The first kappa shape index (κ1) is 25.5. The molecule has 0 radical (unpaired) electrons. The van der Waals surface area contributed by atoms with Gasteiger partial charge in [0.25, 0.3) is 0 Å². The van der Waals surface area contributed by atoms with E-state index in [0.29, 0.717) is 37.5 Å². The van der Waals surface area contributed by atoms with Gasteiger partial charge in [-0.05, 0) is 72.8 Å². The van der Waals surface area contributed by atoms with Crippen LogP contribution in [0.5, 0.6) is 0 Å². The monoisotopic (exact) mass is 498 g/mol. The number of carboxylic acid groups (broad SMARTS) is 1. The van der Waals surface area contributed by atoms with Gasteiger partial charge in [0, 0.05) is 31.6 Å². The average molecular weight is 499 g/mol. The molecule has 3 aromatic carbocycles. The van der Waals surface area contributed by atoms with Crippen LogP contribution in [-0.2, 0) is 9.59 Å². The van der Waals surface area contributed by atoms with E-state index in [2.05, 4.69) is 89.9 Å². The summed E-state index contributed by atoms with van der Waals surface area (Å²) in [6, 6.07) is 25.9. The van der Waals surface area contributed by atoms with E-state index in [-0.39, 0.29) is 23.8 Å². The number of carboxylic acids is 1. The number of piperidine rings is 1. The lowest BCUT2D eigenvalue weighted by atomic mass is 9.78. The minimum atomic E-state index is -0.721. The van der Waals surface area contributed by atoms with Crippen molar-refractivity contribution in [1.82, 2.24) is 10.2 Å². The van der Waals surface area contributed by atoms with Crippen LogP contribution in [0.4, 0.5) is 0 Å². The van der Waals surface area contributed by atoms with E-state index >= 15 is 0 Å². The lowest BCUT2D eigenvalue weighted by Crippen LogP contribution is -2.48. The second-order valence-corrected chi connectivity index (χ2v) is 10.9. The molecule has 0 bridgehead atoms. The smallest absolute Gasteiger partial charge is 0.306 e. The Balaban J connectivity index is 1.29. The number of benzene rings is 3. The summed E-state index contributed by atoms with van der Waals surface area (Å²) in [7, 11) is 0. The Morgan fingerprint density at radius 2 is 1.57 bits per heavy atom. The fraction of sp³-hybridized carbons (Fsp3) is 0.438. The maximum Gasteiger partial charge on any atom is 0.306 e. The van der Waals surface area contributed by atoms with E-state index in [4.69, 9.17) is 0 Å². The van der Waals surface area contributed by atoms with Crippen LogP contribution in [0, 0.1) is 17.8 Å². The van der Waals surface area contributed by atoms with E-state index in [1.54, 1.807) is 0 Å². The quantitative estimate of drug-likeness (QED) is 0.418. The molecule has 5 heteroatoms. The normalized spacial score (nSPS) is 25.1. The number of rotatable bonds is 7. The predicted octanol–water partition coefficient (Wildman–Crippen LogP) is 6.01. The summed E-state index contributed by atoms with van der Waals surface area (Å²) in [5, 5.41) is 15.7. The third-order valence-electron chi connectivity index (χ3n) is 8.68. The van der Waals surface area contributed by atoms with Crippen molar-refractivity contribution >= 4 is 22.6 Å². The van der Waals surface area contributed by atoms with Crippen LogP contribution >= 0.6 is 0 Å². The molecule has 37 heavy (non-hydrogen) atoms. The van der Waals surface area contributed by atoms with Crippen LogP contribution in [0.25, 0.3) is 10.8 Å². The standard InChI is InChI=1S/C32H38N2O3/c1-22(28-13-7-11-24-10-5-6-12-30(24)28)33-20-27-21-34(19-18-29(27)23-8-3-2-4-9-23)31(35)25-14-16-26(17-15-25)32(36)37/h2-13,22,25-27,29,33H,14-21H2,1H3,(H,36,37)/t22-,25-,26-,27?,29?/m1/s1. The molecule has 3 atom stereocenters. The highest BCUT2D eigenvalue weighted by Gasteiger charge is 2.37. The summed E-state index contributed by atoms with van der Waals surface area (Å²) < 4.78 is 0. The number of hydrogen-bond donors (Lipinski definition) is 2. The van der Waals surface area contributed by atoms with Gasteiger partial charge in [-0.3, -0.25) is 9.59 Å². The number of hydrogen-bond acceptors (Lipinski definition) is 3. The molecule has 194 valence electrons. The molecule has 3 aromatic rings. The zero-order valence-electron chi connectivity index (χ0n) is 21.7. The summed E-state index contributed by atoms with van der Waals surface area (Å²) in [4.78, 5) is 26.9. The Kier molecular flexibility index (Phi) is 7.90. The maximum atomic E-state index is 13.5. The molecule has 2 unspecified atom stereocenters. The van der Waals surface area contributed by atoms with Crippen molar-refractivity contribution in [3.05, 3.63) is 83.9 Å². The Hall–Kier alpha value is -3.18. The molecule has 2 fully saturated rings. The second kappa shape index (κ2) is 11.5. The zero-order chi connectivity index (χ0) is 25.8. The van der Waals surface area contributed by atoms with E-state index in [9.17, 15) is 14.7 Å². The summed E-state index contributed by atoms with van der Waals surface area (Å²) >= 11 is 0. The molecule has 0 spiro atoms. The van der Waals surface area contributed by atoms with Crippen molar-refractivity contribution < 1.29 is 14.7 Å². The molecule has 1 saturated heterocycles. The largest absolute Gasteiger partial charge is 0.481 e. The van der Waals surface area contributed by atoms with Crippen LogP contribution in [-0.4, -0.2) is 41.5 Å². The van der Waals surface area contributed by atoms with Gasteiger partial charge in [0.05, 0.1) is 5.92 Å². The summed E-state index contributed by atoms with van der Waals surface area (Å²) in [6.45, 7) is 4.57. The Bertz CT molecular complexity index is 1210. The zero-order valence-corrected chi connectivity index (χ0v) is 21.7. The summed E-state index contributed by atoms with van der Waals surface area (Å²) in [5.41, 5.74) is 2.65. The van der Waals surface area contributed by atoms with Crippen LogP contribution in [0.1, 0.15) is 62.1 Å². The summed E-state index contributed by atoms with van der Waals surface area (Å²) in [6.07, 6.45) is 3.56. The van der Waals surface area contributed by atoms with Crippen molar-refractivity contribution in [2.45, 2.75) is 51.0 Å². The molecule has 1 aliphatic heterocycles. The molecular formula is C32H38N2O3. The summed E-state index contributed by atoms with van der Waals surface area (Å²) in [5.74, 6) is -0.107. The molecular weight excluding hydrogens is 460 g/mol. The van der Waals surface area contributed by atoms with Gasteiger partial charge in [-0.15, -0.1) is 0 Å². The van der Waals surface area contributed by atoms with Crippen LogP contribution < -0.4 is 5.32 Å². The minimum absolute atomic E-state index is 0.0351. The van der Waals surface area contributed by atoms with E-state index < -0.39 is 5.97 Å². The maximum absolute atomic E-state index is 13.5.